The smallest absolute Gasteiger partial charge is 0.338 e. The number of anilines is 1. The molecule has 1 amide bonds. The van der Waals surface area contributed by atoms with Crippen LogP contribution in [0.4, 0.5) is 5.69 Å². The molecular weight excluding hydrogens is 415 g/mol. The molecule has 7 nitrogen and oxygen atoms in total. The Morgan fingerprint density at radius 2 is 1.81 bits per heavy atom. The lowest BCUT2D eigenvalue weighted by Crippen LogP contribution is -2.30. The first-order valence-corrected chi connectivity index (χ1v) is 9.88. The zero-order valence-electron chi connectivity index (χ0n) is 14.3. The number of ether oxygens (including phenoxy) is 1. The predicted octanol–water partition coefficient (Wildman–Crippen LogP) is 3.09. The zero-order chi connectivity index (χ0) is 20.2. The Bertz CT molecular complexity index is 979. The zero-order valence-corrected chi connectivity index (χ0v) is 16.7. The van der Waals surface area contributed by atoms with Crippen LogP contribution in [0.2, 0.25) is 10.0 Å². The van der Waals surface area contributed by atoms with Gasteiger partial charge in [-0.3, -0.25) is 4.79 Å². The molecule has 2 N–H and O–H groups in total. The van der Waals surface area contributed by atoms with Gasteiger partial charge in [-0.1, -0.05) is 29.3 Å². The maximum atomic E-state index is 12.2. The molecule has 0 radical (unpaired) electrons. The molecule has 1 atom stereocenters. The summed E-state index contributed by atoms with van der Waals surface area (Å²) in [5.74, 6) is -1.44. The number of rotatable bonds is 6. The Morgan fingerprint density at radius 1 is 1.11 bits per heavy atom. The van der Waals surface area contributed by atoms with Crippen molar-refractivity contribution in [1.29, 1.82) is 0 Å². The van der Waals surface area contributed by atoms with Crippen molar-refractivity contribution in [2.75, 3.05) is 12.4 Å². The maximum Gasteiger partial charge on any atom is 0.338 e. The summed E-state index contributed by atoms with van der Waals surface area (Å²) in [7, 11) is -2.45. The molecule has 0 aliphatic heterocycles. The molecule has 0 spiro atoms. The summed E-state index contributed by atoms with van der Waals surface area (Å²) in [5, 5.41) is 3.17. The first-order chi connectivity index (χ1) is 12.6. The highest BCUT2D eigenvalue weighted by molar-refractivity contribution is 7.89. The third kappa shape index (κ3) is 5.43. The Morgan fingerprint density at radius 3 is 2.44 bits per heavy atom. The molecule has 0 bridgehead atoms. The first kappa shape index (κ1) is 21.2. The molecular formula is C17H16Cl2N2O5S. The van der Waals surface area contributed by atoms with Crippen LogP contribution in [0.5, 0.6) is 0 Å². The highest BCUT2D eigenvalue weighted by Crippen LogP contribution is 2.25. The van der Waals surface area contributed by atoms with Crippen LogP contribution in [0.3, 0.4) is 0 Å². The number of nitrogens with one attached hydrogen (secondary N) is 2. The van der Waals surface area contributed by atoms with Crippen LogP contribution >= 0.6 is 23.2 Å². The van der Waals surface area contributed by atoms with Gasteiger partial charge in [-0.25, -0.2) is 17.9 Å². The van der Waals surface area contributed by atoms with E-state index in [9.17, 15) is 18.0 Å². The molecule has 1 unspecified atom stereocenters. The van der Waals surface area contributed by atoms with Gasteiger partial charge in [-0.2, -0.15) is 0 Å². The van der Waals surface area contributed by atoms with E-state index in [0.717, 1.165) is 6.07 Å². The van der Waals surface area contributed by atoms with Gasteiger partial charge in [0, 0.05) is 5.02 Å². The first-order valence-electron chi connectivity index (χ1n) is 7.64. The highest BCUT2D eigenvalue weighted by atomic mass is 35.5. The largest absolute Gasteiger partial charge is 0.449 e. The predicted molar refractivity (Wildman–Crippen MR) is 103 cm³/mol. The normalized spacial score (nSPS) is 12.3. The third-order valence-corrected chi connectivity index (χ3v) is 5.45. The van der Waals surface area contributed by atoms with E-state index in [1.165, 1.54) is 44.3 Å². The van der Waals surface area contributed by atoms with E-state index in [0.29, 0.717) is 10.7 Å². The molecule has 0 aliphatic carbocycles. The third-order valence-electron chi connectivity index (χ3n) is 3.49. The number of sulfonamides is 1. The van der Waals surface area contributed by atoms with Crippen molar-refractivity contribution in [3.05, 3.63) is 58.1 Å². The Kier molecular flexibility index (Phi) is 6.83. The number of amides is 1. The highest BCUT2D eigenvalue weighted by Gasteiger charge is 2.21. The Hall–Kier alpha value is -2.13. The number of carbonyl (C=O) groups is 2. The van der Waals surface area contributed by atoms with Crippen LogP contribution in [0, 0.1) is 0 Å². The quantitative estimate of drug-likeness (QED) is 0.685. The summed E-state index contributed by atoms with van der Waals surface area (Å²) in [4.78, 5) is 24.3. The summed E-state index contributed by atoms with van der Waals surface area (Å²) in [6.07, 6.45) is -1.14. The Balaban J connectivity index is 2.09. The molecule has 0 aliphatic rings. The van der Waals surface area contributed by atoms with E-state index >= 15 is 0 Å². The van der Waals surface area contributed by atoms with E-state index in [4.69, 9.17) is 27.9 Å². The van der Waals surface area contributed by atoms with Gasteiger partial charge in [0.15, 0.2) is 6.10 Å². The number of halogens is 2. The summed E-state index contributed by atoms with van der Waals surface area (Å²) >= 11 is 11.8. The SMILES string of the molecule is CNS(=O)(=O)c1cccc(C(=O)OC(C)C(=O)Nc2ccc(Cl)cc2Cl)c1. The van der Waals surface area contributed by atoms with Gasteiger partial charge in [-0.15, -0.1) is 0 Å². The van der Waals surface area contributed by atoms with Crippen molar-refractivity contribution in [2.45, 2.75) is 17.9 Å². The fraction of sp³-hybridized carbons (Fsp3) is 0.176. The average Bonchev–Trinajstić information content (AvgIpc) is 2.63. The van der Waals surface area contributed by atoms with Gasteiger partial charge in [0.2, 0.25) is 10.0 Å². The lowest BCUT2D eigenvalue weighted by atomic mass is 10.2. The molecule has 0 heterocycles. The van der Waals surface area contributed by atoms with Crippen LogP contribution in [-0.2, 0) is 19.6 Å². The average molecular weight is 431 g/mol. The van der Waals surface area contributed by atoms with E-state index in [2.05, 4.69) is 10.0 Å². The second-order valence-corrected chi connectivity index (χ2v) is 8.13. The standard InChI is InChI=1S/C17H16Cl2N2O5S/c1-10(16(22)21-15-7-6-12(18)9-14(15)19)26-17(23)11-4-3-5-13(8-11)27(24,25)20-2/h3-10,20H,1-2H3,(H,21,22). The van der Waals surface area contributed by atoms with Crippen LogP contribution in [0.1, 0.15) is 17.3 Å². The summed E-state index contributed by atoms with van der Waals surface area (Å²) in [6.45, 7) is 1.38. The Labute approximate surface area is 166 Å². The van der Waals surface area contributed by atoms with Gasteiger partial charge in [0.25, 0.3) is 5.91 Å². The van der Waals surface area contributed by atoms with Crippen molar-refractivity contribution in [1.82, 2.24) is 4.72 Å². The number of carbonyl (C=O) groups excluding carboxylic acids is 2. The summed E-state index contributed by atoms with van der Waals surface area (Å²) in [5.41, 5.74) is 0.312. The van der Waals surface area contributed by atoms with Gasteiger partial charge in [0.05, 0.1) is 21.2 Å². The monoisotopic (exact) mass is 430 g/mol. The summed E-state index contributed by atoms with van der Waals surface area (Å²) < 4.78 is 30.9. The molecule has 27 heavy (non-hydrogen) atoms. The van der Waals surface area contributed by atoms with Crippen LogP contribution in [0.25, 0.3) is 0 Å². The summed E-state index contributed by atoms with van der Waals surface area (Å²) in [6, 6.07) is 9.81. The van der Waals surface area contributed by atoms with Crippen molar-refractivity contribution in [3.8, 4) is 0 Å². The second-order valence-electron chi connectivity index (χ2n) is 5.40. The van der Waals surface area contributed by atoms with Crippen molar-refractivity contribution in [3.63, 3.8) is 0 Å². The molecule has 2 aromatic carbocycles. The van der Waals surface area contributed by atoms with Crippen LogP contribution in [-0.4, -0.2) is 33.4 Å². The fourth-order valence-corrected chi connectivity index (χ4v) is 3.25. The lowest BCUT2D eigenvalue weighted by molar-refractivity contribution is -0.123. The van der Waals surface area contributed by atoms with Crippen molar-refractivity contribution in [2.24, 2.45) is 0 Å². The fourth-order valence-electron chi connectivity index (χ4n) is 2.02. The van der Waals surface area contributed by atoms with E-state index in [1.54, 1.807) is 6.07 Å². The van der Waals surface area contributed by atoms with Gasteiger partial charge >= 0.3 is 5.97 Å². The van der Waals surface area contributed by atoms with E-state index in [-0.39, 0.29) is 15.5 Å². The molecule has 0 saturated carbocycles. The second kappa shape index (κ2) is 8.71. The minimum atomic E-state index is -3.71. The minimum Gasteiger partial charge on any atom is -0.449 e. The molecule has 2 rings (SSSR count). The molecule has 0 aromatic heterocycles. The topological polar surface area (TPSA) is 102 Å². The molecule has 2 aromatic rings. The van der Waals surface area contributed by atoms with Gasteiger partial charge in [-0.05, 0) is 50.4 Å². The number of esters is 1. The van der Waals surface area contributed by atoms with Gasteiger partial charge in [0.1, 0.15) is 0 Å². The lowest BCUT2D eigenvalue weighted by Gasteiger charge is -2.14. The number of hydrogen-bond donors (Lipinski definition) is 2. The molecule has 0 fully saturated rings. The molecule has 144 valence electrons. The molecule has 10 heteroatoms. The maximum absolute atomic E-state index is 12.2. The van der Waals surface area contributed by atoms with Crippen molar-refractivity contribution >= 4 is 50.8 Å². The van der Waals surface area contributed by atoms with E-state index in [1.807, 2.05) is 0 Å². The minimum absolute atomic E-state index is 0.00417. The number of benzene rings is 2. The molecule has 0 saturated heterocycles. The van der Waals surface area contributed by atoms with E-state index < -0.39 is 28.0 Å². The van der Waals surface area contributed by atoms with Gasteiger partial charge < -0.3 is 10.1 Å². The van der Waals surface area contributed by atoms with Crippen molar-refractivity contribution < 1.29 is 22.7 Å². The number of hydrogen-bond acceptors (Lipinski definition) is 5. The van der Waals surface area contributed by atoms with Crippen LogP contribution < -0.4 is 10.0 Å². The van der Waals surface area contributed by atoms with Crippen LogP contribution in [0.15, 0.2) is 47.4 Å².